The van der Waals surface area contributed by atoms with Crippen molar-refractivity contribution in [2.75, 3.05) is 0 Å². The van der Waals surface area contributed by atoms with E-state index in [1.807, 2.05) is 0 Å². The van der Waals surface area contributed by atoms with Crippen molar-refractivity contribution in [2.24, 2.45) is 5.41 Å². The van der Waals surface area contributed by atoms with Crippen molar-refractivity contribution < 1.29 is 5.11 Å². The van der Waals surface area contributed by atoms with Gasteiger partial charge in [-0.05, 0) is 31.1 Å². The molecule has 1 aliphatic rings. The molecule has 0 saturated heterocycles. The smallest absolute Gasteiger partial charge is 0.0650 e. The van der Waals surface area contributed by atoms with E-state index in [1.54, 1.807) is 0 Å². The van der Waals surface area contributed by atoms with E-state index in [4.69, 9.17) is 0 Å². The van der Waals surface area contributed by atoms with Gasteiger partial charge in [-0.25, -0.2) is 0 Å². The average molecular weight is 156 g/mol. The largest absolute Gasteiger partial charge is 0.390 e. The van der Waals surface area contributed by atoms with Gasteiger partial charge in [0.05, 0.1) is 5.60 Å². The summed E-state index contributed by atoms with van der Waals surface area (Å²) in [6.07, 6.45) is 5.37. The zero-order chi connectivity index (χ0) is 8.54. The Labute approximate surface area is 69.8 Å². The molecule has 0 spiro atoms. The third-order valence-corrected chi connectivity index (χ3v) is 2.96. The normalized spacial score (nSPS) is 37.1. The highest BCUT2D eigenvalue weighted by molar-refractivity contribution is 4.89. The van der Waals surface area contributed by atoms with Crippen molar-refractivity contribution in [3.63, 3.8) is 0 Å². The molecule has 1 atom stereocenters. The highest BCUT2D eigenvalue weighted by Gasteiger charge is 2.36. The second-order valence-corrected chi connectivity index (χ2v) is 4.77. The lowest BCUT2D eigenvalue weighted by molar-refractivity contribution is -0.0413. The van der Waals surface area contributed by atoms with Gasteiger partial charge in [0.15, 0.2) is 0 Å². The van der Waals surface area contributed by atoms with Crippen LogP contribution < -0.4 is 0 Å². The molecule has 0 heterocycles. The summed E-state index contributed by atoms with van der Waals surface area (Å²) < 4.78 is 0. The van der Waals surface area contributed by atoms with Gasteiger partial charge in [-0.3, -0.25) is 0 Å². The van der Waals surface area contributed by atoms with Crippen LogP contribution in [0.4, 0.5) is 0 Å². The first-order chi connectivity index (χ1) is 4.97. The van der Waals surface area contributed by atoms with Crippen LogP contribution in [-0.2, 0) is 0 Å². The van der Waals surface area contributed by atoms with E-state index in [0.717, 1.165) is 19.3 Å². The molecule has 1 N–H and O–H groups in total. The van der Waals surface area contributed by atoms with Crippen LogP contribution in [-0.4, -0.2) is 10.7 Å². The average Bonchev–Trinajstić information content (AvgIpc) is 1.85. The number of rotatable bonds is 1. The van der Waals surface area contributed by atoms with Gasteiger partial charge in [-0.2, -0.15) is 0 Å². The van der Waals surface area contributed by atoms with E-state index in [0.29, 0.717) is 5.41 Å². The molecule has 0 aromatic carbocycles. The molecule has 0 aromatic rings. The van der Waals surface area contributed by atoms with Gasteiger partial charge in [0.25, 0.3) is 0 Å². The van der Waals surface area contributed by atoms with Gasteiger partial charge in [-0.1, -0.05) is 27.2 Å². The second-order valence-electron chi connectivity index (χ2n) is 4.77. The van der Waals surface area contributed by atoms with E-state index < -0.39 is 0 Å². The van der Waals surface area contributed by atoms with Crippen LogP contribution in [0.15, 0.2) is 0 Å². The highest BCUT2D eigenvalue weighted by Crippen LogP contribution is 2.42. The lowest BCUT2D eigenvalue weighted by Gasteiger charge is -2.41. The zero-order valence-corrected chi connectivity index (χ0v) is 7.98. The molecule has 0 radical (unpaired) electrons. The Morgan fingerprint density at radius 2 is 1.91 bits per heavy atom. The molecular weight excluding hydrogens is 136 g/mol. The van der Waals surface area contributed by atoms with Gasteiger partial charge in [0.2, 0.25) is 0 Å². The van der Waals surface area contributed by atoms with Crippen LogP contribution >= 0.6 is 0 Å². The molecule has 0 amide bonds. The van der Waals surface area contributed by atoms with Crippen molar-refractivity contribution in [1.82, 2.24) is 0 Å². The molecular formula is C10H20O. The fourth-order valence-electron chi connectivity index (χ4n) is 2.27. The first kappa shape index (κ1) is 9.05. The summed E-state index contributed by atoms with van der Waals surface area (Å²) in [5, 5.41) is 10.0. The zero-order valence-electron chi connectivity index (χ0n) is 7.98. The van der Waals surface area contributed by atoms with Gasteiger partial charge in [0, 0.05) is 0 Å². The predicted molar refractivity (Wildman–Crippen MR) is 47.5 cm³/mol. The molecule has 1 fully saturated rings. The van der Waals surface area contributed by atoms with Gasteiger partial charge < -0.3 is 5.11 Å². The van der Waals surface area contributed by atoms with Gasteiger partial charge >= 0.3 is 0 Å². The Hall–Kier alpha value is -0.0400. The summed E-state index contributed by atoms with van der Waals surface area (Å²) >= 11 is 0. The van der Waals surface area contributed by atoms with Crippen molar-refractivity contribution >= 4 is 0 Å². The molecule has 11 heavy (non-hydrogen) atoms. The Morgan fingerprint density at radius 1 is 1.27 bits per heavy atom. The molecule has 1 heteroatoms. The van der Waals surface area contributed by atoms with E-state index >= 15 is 0 Å². The topological polar surface area (TPSA) is 20.2 Å². The van der Waals surface area contributed by atoms with Crippen LogP contribution in [0, 0.1) is 5.41 Å². The van der Waals surface area contributed by atoms with E-state index in [-0.39, 0.29) is 5.60 Å². The third kappa shape index (κ3) is 2.19. The van der Waals surface area contributed by atoms with E-state index in [2.05, 4.69) is 20.8 Å². The Kier molecular flexibility index (Phi) is 2.29. The predicted octanol–water partition coefficient (Wildman–Crippen LogP) is 2.73. The lowest BCUT2D eigenvalue weighted by Crippen LogP contribution is -2.38. The maximum Gasteiger partial charge on any atom is 0.0650 e. The lowest BCUT2D eigenvalue weighted by atomic mass is 9.69. The van der Waals surface area contributed by atoms with Crippen LogP contribution in [0.2, 0.25) is 0 Å². The van der Waals surface area contributed by atoms with Crippen molar-refractivity contribution in [1.29, 1.82) is 0 Å². The molecule has 0 aromatic heterocycles. The molecule has 1 rings (SSSR count). The maximum absolute atomic E-state index is 10.0. The van der Waals surface area contributed by atoms with Crippen LogP contribution in [0.1, 0.15) is 52.9 Å². The molecule has 0 unspecified atom stereocenters. The van der Waals surface area contributed by atoms with Crippen LogP contribution in [0.25, 0.3) is 0 Å². The first-order valence-electron chi connectivity index (χ1n) is 4.70. The van der Waals surface area contributed by atoms with Gasteiger partial charge in [0.1, 0.15) is 0 Å². The number of hydrogen-bond acceptors (Lipinski definition) is 1. The number of aliphatic hydroxyl groups is 1. The van der Waals surface area contributed by atoms with Crippen LogP contribution in [0.3, 0.4) is 0 Å². The second kappa shape index (κ2) is 2.78. The molecule has 1 saturated carbocycles. The van der Waals surface area contributed by atoms with Crippen LogP contribution in [0.5, 0.6) is 0 Å². The Bertz CT molecular complexity index is 140. The summed E-state index contributed by atoms with van der Waals surface area (Å²) in [5.41, 5.74) is 0.0186. The fraction of sp³-hybridized carbons (Fsp3) is 1.00. The minimum atomic E-state index is -0.345. The fourth-order valence-corrected chi connectivity index (χ4v) is 2.27. The van der Waals surface area contributed by atoms with Crippen molar-refractivity contribution in [3.8, 4) is 0 Å². The summed E-state index contributed by atoms with van der Waals surface area (Å²) in [6.45, 7) is 6.60. The molecule has 1 nitrogen and oxygen atoms in total. The van der Waals surface area contributed by atoms with E-state index in [1.165, 1.54) is 12.8 Å². The molecule has 0 bridgehead atoms. The summed E-state index contributed by atoms with van der Waals surface area (Å²) in [7, 11) is 0. The number of hydrogen-bond donors (Lipinski definition) is 1. The highest BCUT2D eigenvalue weighted by atomic mass is 16.3. The molecule has 66 valence electrons. The standard InChI is InChI=1S/C10H20O/c1-4-10(11)7-5-6-9(2,3)8-10/h11H,4-8H2,1-3H3/t10-/m0/s1. The molecule has 0 aliphatic heterocycles. The first-order valence-corrected chi connectivity index (χ1v) is 4.70. The summed E-state index contributed by atoms with van der Waals surface area (Å²) in [4.78, 5) is 0. The Morgan fingerprint density at radius 3 is 2.27 bits per heavy atom. The van der Waals surface area contributed by atoms with Crippen molar-refractivity contribution in [3.05, 3.63) is 0 Å². The SMILES string of the molecule is CC[C@]1(O)CCCC(C)(C)C1. The monoisotopic (exact) mass is 156 g/mol. The molecule has 1 aliphatic carbocycles. The quantitative estimate of drug-likeness (QED) is 0.619. The van der Waals surface area contributed by atoms with Gasteiger partial charge in [-0.15, -0.1) is 0 Å². The summed E-state index contributed by atoms with van der Waals surface area (Å²) in [6, 6.07) is 0. The maximum atomic E-state index is 10.0. The van der Waals surface area contributed by atoms with E-state index in [9.17, 15) is 5.11 Å². The third-order valence-electron chi connectivity index (χ3n) is 2.96. The Balaban J connectivity index is 2.59. The minimum Gasteiger partial charge on any atom is -0.390 e. The van der Waals surface area contributed by atoms with Crippen molar-refractivity contribution in [2.45, 2.75) is 58.5 Å². The summed E-state index contributed by atoms with van der Waals surface area (Å²) in [5.74, 6) is 0. The minimum absolute atomic E-state index is 0.345.